The predicted molar refractivity (Wildman–Crippen MR) is 87.4 cm³/mol. The highest BCUT2D eigenvalue weighted by Gasteiger charge is 2.17. The summed E-state index contributed by atoms with van der Waals surface area (Å²) in [6.07, 6.45) is 5.66. The monoisotopic (exact) mass is 319 g/mol. The van der Waals surface area contributed by atoms with Crippen molar-refractivity contribution < 1.29 is 9.59 Å². The fraction of sp³-hybridized carbons (Fsp3) is 0.867. The van der Waals surface area contributed by atoms with Crippen LogP contribution in [0.25, 0.3) is 0 Å². The van der Waals surface area contributed by atoms with Crippen LogP contribution in [0.15, 0.2) is 0 Å². The molecule has 1 saturated heterocycles. The van der Waals surface area contributed by atoms with Crippen LogP contribution in [0.1, 0.15) is 52.4 Å². The minimum atomic E-state index is -0.469. The highest BCUT2D eigenvalue weighted by Crippen LogP contribution is 2.10. The van der Waals surface area contributed by atoms with Crippen molar-refractivity contribution in [2.45, 2.75) is 58.4 Å². The number of hydrogen-bond acceptors (Lipinski definition) is 3. The van der Waals surface area contributed by atoms with Crippen LogP contribution in [0, 0.1) is 5.92 Å². The van der Waals surface area contributed by atoms with E-state index in [2.05, 4.69) is 5.32 Å². The Morgan fingerprint density at radius 1 is 1.14 bits per heavy atom. The van der Waals surface area contributed by atoms with E-state index in [9.17, 15) is 9.59 Å². The average Bonchev–Trinajstić information content (AvgIpc) is 2.66. The zero-order valence-corrected chi connectivity index (χ0v) is 14.1. The summed E-state index contributed by atoms with van der Waals surface area (Å²) in [5, 5.41) is 2.76. The first-order valence-corrected chi connectivity index (χ1v) is 7.81. The fourth-order valence-electron chi connectivity index (χ4n) is 2.52. The van der Waals surface area contributed by atoms with Gasteiger partial charge in [0.2, 0.25) is 11.8 Å². The molecule has 0 aromatic rings. The Bertz CT molecular complexity index is 316. The van der Waals surface area contributed by atoms with Crippen molar-refractivity contribution >= 4 is 24.2 Å². The van der Waals surface area contributed by atoms with E-state index in [1.165, 1.54) is 12.8 Å². The summed E-state index contributed by atoms with van der Waals surface area (Å²) in [4.78, 5) is 25.7. The first-order chi connectivity index (χ1) is 9.50. The molecule has 2 amide bonds. The molecule has 1 atom stereocenters. The molecule has 0 radical (unpaired) electrons. The Kier molecular flexibility index (Phi) is 10.4. The van der Waals surface area contributed by atoms with E-state index in [1.54, 1.807) is 0 Å². The molecule has 5 nitrogen and oxygen atoms in total. The summed E-state index contributed by atoms with van der Waals surface area (Å²) in [6.45, 7) is 6.19. The number of halogens is 1. The molecule has 0 aliphatic carbocycles. The van der Waals surface area contributed by atoms with Crippen molar-refractivity contribution in [3.05, 3.63) is 0 Å². The molecule has 124 valence electrons. The third kappa shape index (κ3) is 8.27. The molecule has 0 aromatic heterocycles. The molecule has 3 N–H and O–H groups in total. The third-order valence-electron chi connectivity index (χ3n) is 3.66. The van der Waals surface area contributed by atoms with E-state index in [0.29, 0.717) is 25.3 Å². The molecule has 1 fully saturated rings. The molecule has 21 heavy (non-hydrogen) atoms. The standard InChI is InChI=1S/C15H29N3O2.ClH/c1-12(2)11-13(16)15(20)17-8-7-14(19)18-9-5-3-4-6-10-18;/h12-13H,3-11,16H2,1-2H3,(H,17,20);1H/t13-;/m0./s1. The van der Waals surface area contributed by atoms with Crippen LogP contribution in [0.4, 0.5) is 0 Å². The molecular weight excluding hydrogens is 290 g/mol. The van der Waals surface area contributed by atoms with Crippen LogP contribution in [-0.4, -0.2) is 42.4 Å². The van der Waals surface area contributed by atoms with E-state index in [4.69, 9.17) is 5.73 Å². The zero-order valence-electron chi connectivity index (χ0n) is 13.3. The Labute approximate surface area is 134 Å². The Balaban J connectivity index is 0.00000400. The van der Waals surface area contributed by atoms with Gasteiger partial charge in [-0.3, -0.25) is 9.59 Å². The summed E-state index contributed by atoms with van der Waals surface area (Å²) in [7, 11) is 0. The van der Waals surface area contributed by atoms with E-state index in [-0.39, 0.29) is 24.2 Å². The lowest BCUT2D eigenvalue weighted by Crippen LogP contribution is -2.43. The summed E-state index contributed by atoms with van der Waals surface area (Å²) in [6, 6.07) is -0.469. The highest BCUT2D eigenvalue weighted by atomic mass is 35.5. The maximum Gasteiger partial charge on any atom is 0.236 e. The van der Waals surface area contributed by atoms with Gasteiger partial charge in [-0.2, -0.15) is 0 Å². The molecular formula is C15H30ClN3O2. The fourth-order valence-corrected chi connectivity index (χ4v) is 2.52. The molecule has 6 heteroatoms. The normalized spacial score (nSPS) is 16.9. The third-order valence-corrected chi connectivity index (χ3v) is 3.66. The molecule has 1 aliphatic heterocycles. The number of carbonyl (C=O) groups is 2. The quantitative estimate of drug-likeness (QED) is 0.782. The lowest BCUT2D eigenvalue weighted by Gasteiger charge is -2.20. The minimum Gasteiger partial charge on any atom is -0.354 e. The molecule has 0 unspecified atom stereocenters. The number of likely N-dealkylation sites (tertiary alicyclic amines) is 1. The van der Waals surface area contributed by atoms with E-state index in [1.807, 2.05) is 18.7 Å². The Morgan fingerprint density at radius 3 is 2.24 bits per heavy atom. The topological polar surface area (TPSA) is 75.4 Å². The number of nitrogens with zero attached hydrogens (tertiary/aromatic N) is 1. The van der Waals surface area contributed by atoms with Crippen LogP contribution in [0.3, 0.4) is 0 Å². The maximum absolute atomic E-state index is 12.0. The summed E-state index contributed by atoms with van der Waals surface area (Å²) in [5.74, 6) is 0.390. The number of amides is 2. The number of nitrogens with two attached hydrogens (primary N) is 1. The van der Waals surface area contributed by atoms with Gasteiger partial charge in [0.1, 0.15) is 0 Å². The van der Waals surface area contributed by atoms with Crippen molar-refractivity contribution in [2.75, 3.05) is 19.6 Å². The summed E-state index contributed by atoms with van der Waals surface area (Å²) in [5.41, 5.74) is 5.79. The first kappa shape index (κ1) is 20.2. The second-order valence-electron chi connectivity index (χ2n) is 6.07. The largest absolute Gasteiger partial charge is 0.354 e. The molecule has 1 rings (SSSR count). The first-order valence-electron chi connectivity index (χ1n) is 7.81. The van der Waals surface area contributed by atoms with Gasteiger partial charge < -0.3 is 16.0 Å². The molecule has 1 heterocycles. The minimum absolute atomic E-state index is 0. The van der Waals surface area contributed by atoms with Crippen LogP contribution >= 0.6 is 12.4 Å². The number of hydrogen-bond donors (Lipinski definition) is 2. The van der Waals surface area contributed by atoms with Crippen LogP contribution in [-0.2, 0) is 9.59 Å². The average molecular weight is 320 g/mol. The van der Waals surface area contributed by atoms with Gasteiger partial charge in [0, 0.05) is 26.1 Å². The second kappa shape index (κ2) is 10.9. The second-order valence-corrected chi connectivity index (χ2v) is 6.07. The Hall–Kier alpha value is -0.810. The smallest absolute Gasteiger partial charge is 0.236 e. The maximum atomic E-state index is 12.0. The molecule has 1 aliphatic rings. The number of carbonyl (C=O) groups excluding carboxylic acids is 2. The molecule has 0 bridgehead atoms. The van der Waals surface area contributed by atoms with Crippen molar-refractivity contribution in [1.82, 2.24) is 10.2 Å². The van der Waals surface area contributed by atoms with Crippen LogP contribution in [0.2, 0.25) is 0 Å². The van der Waals surface area contributed by atoms with Gasteiger partial charge >= 0.3 is 0 Å². The Morgan fingerprint density at radius 2 is 1.71 bits per heavy atom. The zero-order chi connectivity index (χ0) is 15.0. The van der Waals surface area contributed by atoms with Gasteiger partial charge in [0.05, 0.1) is 6.04 Å². The summed E-state index contributed by atoms with van der Waals surface area (Å²) < 4.78 is 0. The van der Waals surface area contributed by atoms with Crippen molar-refractivity contribution in [1.29, 1.82) is 0 Å². The van der Waals surface area contributed by atoms with Crippen LogP contribution in [0.5, 0.6) is 0 Å². The lowest BCUT2D eigenvalue weighted by molar-refractivity contribution is -0.131. The van der Waals surface area contributed by atoms with E-state index >= 15 is 0 Å². The molecule has 0 saturated carbocycles. The molecule has 0 aromatic carbocycles. The van der Waals surface area contributed by atoms with Gasteiger partial charge in [-0.1, -0.05) is 26.7 Å². The van der Waals surface area contributed by atoms with Gasteiger partial charge in [-0.25, -0.2) is 0 Å². The predicted octanol–water partition coefficient (Wildman–Crippen LogP) is 1.69. The lowest BCUT2D eigenvalue weighted by atomic mass is 10.0. The van der Waals surface area contributed by atoms with Gasteiger partial charge in [-0.15, -0.1) is 12.4 Å². The van der Waals surface area contributed by atoms with Gasteiger partial charge in [0.15, 0.2) is 0 Å². The number of nitrogens with one attached hydrogen (secondary N) is 1. The van der Waals surface area contributed by atoms with Crippen molar-refractivity contribution in [3.8, 4) is 0 Å². The van der Waals surface area contributed by atoms with Gasteiger partial charge in [-0.05, 0) is 25.2 Å². The van der Waals surface area contributed by atoms with Crippen molar-refractivity contribution in [3.63, 3.8) is 0 Å². The van der Waals surface area contributed by atoms with E-state index < -0.39 is 6.04 Å². The van der Waals surface area contributed by atoms with Crippen LogP contribution < -0.4 is 11.1 Å². The molecule has 0 spiro atoms. The number of rotatable bonds is 6. The SMILES string of the molecule is CC(C)C[C@H](N)C(=O)NCCC(=O)N1CCCCCC1.Cl. The van der Waals surface area contributed by atoms with Gasteiger partial charge in [0.25, 0.3) is 0 Å². The highest BCUT2D eigenvalue weighted by molar-refractivity contribution is 5.85. The van der Waals surface area contributed by atoms with Crippen molar-refractivity contribution in [2.24, 2.45) is 11.7 Å². The summed E-state index contributed by atoms with van der Waals surface area (Å²) >= 11 is 0. The van der Waals surface area contributed by atoms with E-state index in [0.717, 1.165) is 25.9 Å².